The monoisotopic (exact) mass is 803 g/mol. The van der Waals surface area contributed by atoms with Gasteiger partial charge in [0.15, 0.2) is 16.4 Å². The minimum Gasteiger partial charge on any atom is -0.493 e. The Morgan fingerprint density at radius 3 is 2.37 bits per heavy atom. The summed E-state index contributed by atoms with van der Waals surface area (Å²) in [5.74, 6) is 0.998. The summed E-state index contributed by atoms with van der Waals surface area (Å²) >= 11 is 0. The summed E-state index contributed by atoms with van der Waals surface area (Å²) in [7, 11) is 2.58. The number of hydrogen-bond donors (Lipinski definition) is 1. The molecule has 57 heavy (non-hydrogen) atoms. The highest BCUT2D eigenvalue weighted by Gasteiger charge is 2.33. The number of anilines is 1. The Morgan fingerprint density at radius 2 is 1.65 bits per heavy atom. The molecule has 0 radical (unpaired) electrons. The summed E-state index contributed by atoms with van der Waals surface area (Å²) in [5, 5.41) is 3.60. The maximum atomic E-state index is 14.7. The van der Waals surface area contributed by atoms with Crippen molar-refractivity contribution < 1.29 is 32.2 Å². The average Bonchev–Trinajstić information content (AvgIpc) is 3.22. The number of hydrogen-bond acceptors (Lipinski definition) is 11. The molecule has 2 aliphatic rings. The molecule has 4 heterocycles. The topological polar surface area (TPSA) is 175 Å². The van der Waals surface area contributed by atoms with Gasteiger partial charge in [0.1, 0.15) is 5.82 Å². The number of methoxy groups -OCH3 is 3. The minimum atomic E-state index is -4.54. The Hall–Kier alpha value is -5.68. The molecule has 2 bridgehead atoms. The first-order chi connectivity index (χ1) is 27.4. The van der Waals surface area contributed by atoms with Gasteiger partial charge in [0.2, 0.25) is 27.6 Å². The highest BCUT2D eigenvalue weighted by molar-refractivity contribution is 7.89. The summed E-state index contributed by atoms with van der Waals surface area (Å²) < 4.78 is 49.5. The number of ether oxygens (including phenoxy) is 3. The summed E-state index contributed by atoms with van der Waals surface area (Å²) in [5.41, 5.74) is 0.278. The SMILES string of the molecule is COc1cc2nc3c(cc2c(OC)c1OC)CN(S(=O)(=O)c1cn(C)c(=O)n(C)c1=O)CCCCN(C(=O)/C=C/c1ccccc1)CC(=O)NCC1CCCN3C1. The smallest absolute Gasteiger partial charge is 0.330 e. The molecule has 0 saturated carbocycles. The van der Waals surface area contributed by atoms with Crippen LogP contribution in [0.25, 0.3) is 17.0 Å². The van der Waals surface area contributed by atoms with Crippen LogP contribution in [-0.4, -0.2) is 104 Å². The third-order valence-corrected chi connectivity index (χ3v) is 12.2. The zero-order valence-electron chi connectivity index (χ0n) is 32.9. The molecule has 17 heteroatoms. The lowest BCUT2D eigenvalue weighted by atomic mass is 9.97. The molecular weight excluding hydrogens is 755 g/mol. The Labute approximate surface area is 331 Å². The number of aromatic nitrogens is 3. The first kappa shape index (κ1) is 41.0. The van der Waals surface area contributed by atoms with Gasteiger partial charge < -0.3 is 33.9 Å². The molecule has 1 saturated heterocycles. The van der Waals surface area contributed by atoms with E-state index in [0.29, 0.717) is 65.6 Å². The van der Waals surface area contributed by atoms with Crippen LogP contribution in [0.1, 0.15) is 36.8 Å². The van der Waals surface area contributed by atoms with Crippen molar-refractivity contribution in [1.29, 1.82) is 0 Å². The maximum Gasteiger partial charge on any atom is 0.330 e. The number of nitrogens with one attached hydrogen (secondary N) is 1. The molecule has 1 fully saturated rings. The molecule has 2 aliphatic heterocycles. The van der Waals surface area contributed by atoms with Gasteiger partial charge >= 0.3 is 5.69 Å². The van der Waals surface area contributed by atoms with Crippen LogP contribution in [0.4, 0.5) is 5.82 Å². The molecule has 16 nitrogen and oxygen atoms in total. The molecule has 2 aromatic carbocycles. The zero-order valence-corrected chi connectivity index (χ0v) is 33.7. The minimum absolute atomic E-state index is 0.0245. The van der Waals surface area contributed by atoms with Gasteiger partial charge in [0.05, 0.1) is 33.4 Å². The second kappa shape index (κ2) is 17.6. The van der Waals surface area contributed by atoms with Gasteiger partial charge in [0.25, 0.3) is 5.56 Å². The van der Waals surface area contributed by atoms with Crippen molar-refractivity contribution in [3.8, 4) is 17.2 Å². The number of carbonyl (C=O) groups is 2. The van der Waals surface area contributed by atoms with Gasteiger partial charge in [0, 0.05) is 82.7 Å². The fraction of sp³-hybridized carbons (Fsp3) is 0.425. The third-order valence-electron chi connectivity index (χ3n) is 10.4. The van der Waals surface area contributed by atoms with Crippen molar-refractivity contribution in [2.24, 2.45) is 20.0 Å². The number of aryl methyl sites for hydroxylation is 1. The van der Waals surface area contributed by atoms with E-state index in [0.717, 1.165) is 33.7 Å². The number of sulfonamides is 1. The van der Waals surface area contributed by atoms with Crippen LogP contribution in [0.2, 0.25) is 0 Å². The van der Waals surface area contributed by atoms with E-state index in [2.05, 4.69) is 10.2 Å². The molecule has 1 unspecified atom stereocenters. The number of carbonyl (C=O) groups excluding carboxylic acids is 2. The number of amides is 2. The molecule has 0 aliphatic carbocycles. The van der Waals surface area contributed by atoms with Crippen molar-refractivity contribution >= 4 is 44.6 Å². The number of piperidine rings is 1. The van der Waals surface area contributed by atoms with Gasteiger partial charge in [-0.1, -0.05) is 30.3 Å². The van der Waals surface area contributed by atoms with E-state index in [1.165, 1.54) is 50.7 Å². The average molecular weight is 804 g/mol. The first-order valence-electron chi connectivity index (χ1n) is 18.8. The summed E-state index contributed by atoms with van der Waals surface area (Å²) in [6.07, 6.45) is 6.37. The van der Waals surface area contributed by atoms with Crippen LogP contribution in [-0.2, 0) is 40.3 Å². The molecule has 4 aromatic rings. The van der Waals surface area contributed by atoms with Gasteiger partial charge in [-0.3, -0.25) is 19.0 Å². The second-order valence-electron chi connectivity index (χ2n) is 14.2. The van der Waals surface area contributed by atoms with Crippen LogP contribution in [0, 0.1) is 5.92 Å². The van der Waals surface area contributed by atoms with Gasteiger partial charge in [-0.15, -0.1) is 0 Å². The Balaban J connectivity index is 1.46. The van der Waals surface area contributed by atoms with E-state index >= 15 is 0 Å². The predicted octanol–water partition coefficient (Wildman–Crippen LogP) is 2.52. The second-order valence-corrected chi connectivity index (χ2v) is 16.1. The van der Waals surface area contributed by atoms with Gasteiger partial charge in [-0.2, -0.15) is 4.31 Å². The van der Waals surface area contributed by atoms with E-state index in [1.54, 1.807) is 12.1 Å². The van der Waals surface area contributed by atoms with E-state index in [-0.39, 0.29) is 50.3 Å². The molecule has 1 atom stereocenters. The fourth-order valence-corrected chi connectivity index (χ4v) is 8.99. The molecule has 2 aromatic heterocycles. The summed E-state index contributed by atoms with van der Waals surface area (Å²) in [4.78, 5) is 61.0. The zero-order chi connectivity index (χ0) is 40.9. The molecule has 0 spiro atoms. The van der Waals surface area contributed by atoms with E-state index in [1.807, 2.05) is 36.4 Å². The number of fused-ring (bicyclic) bond motifs is 5. The third kappa shape index (κ3) is 8.83. The lowest BCUT2D eigenvalue weighted by Crippen LogP contribution is -2.46. The van der Waals surface area contributed by atoms with Crippen LogP contribution in [0.5, 0.6) is 17.2 Å². The molecule has 304 valence electrons. The highest BCUT2D eigenvalue weighted by atomic mass is 32.2. The number of pyridine rings is 1. The number of benzene rings is 2. The van der Waals surface area contributed by atoms with Crippen LogP contribution < -0.4 is 35.7 Å². The van der Waals surface area contributed by atoms with Crippen LogP contribution in [0.15, 0.2) is 69.2 Å². The van der Waals surface area contributed by atoms with E-state index < -0.39 is 26.2 Å². The quantitative estimate of drug-likeness (QED) is 0.272. The van der Waals surface area contributed by atoms with Crippen LogP contribution in [0.3, 0.4) is 0 Å². The molecular formula is C40H49N7O9S. The van der Waals surface area contributed by atoms with Crippen molar-refractivity contribution in [2.75, 3.05) is 65.5 Å². The van der Waals surface area contributed by atoms with Crippen molar-refractivity contribution in [3.63, 3.8) is 0 Å². The van der Waals surface area contributed by atoms with Crippen molar-refractivity contribution in [3.05, 3.63) is 86.7 Å². The van der Waals surface area contributed by atoms with Gasteiger partial charge in [-0.05, 0) is 49.3 Å². The lowest BCUT2D eigenvalue weighted by molar-refractivity contribution is -0.132. The number of rotatable bonds is 7. The number of nitrogens with zero attached hydrogens (tertiary/aromatic N) is 6. The lowest BCUT2D eigenvalue weighted by Gasteiger charge is -2.36. The summed E-state index contributed by atoms with van der Waals surface area (Å²) in [6.45, 7) is 1.23. The molecule has 1 N–H and O–H groups in total. The van der Waals surface area contributed by atoms with E-state index in [9.17, 15) is 27.6 Å². The Morgan fingerprint density at radius 1 is 0.912 bits per heavy atom. The Bertz CT molecular complexity index is 2400. The standard InChI is InChI=1S/C40H49N7O9S/c1-43-25-33(39(50)44(2)40(43)51)57(52,53)47-19-10-9-17-45(35(49)16-15-27-12-7-6-8-13-27)26-34(48)41-22-28-14-11-18-46(23-28)38-29(24-47)20-30-31(42-38)21-32(54-3)37(56-5)36(30)55-4/h6-8,12-13,15-16,20-21,25,28H,9-11,14,17-19,22-24,26H2,1-5H3,(H,41,48)/b16-15+. The van der Waals surface area contributed by atoms with Crippen molar-refractivity contribution in [2.45, 2.75) is 37.1 Å². The first-order valence-corrected chi connectivity index (χ1v) is 20.2. The molecule has 6 rings (SSSR count). The fourth-order valence-electron chi connectivity index (χ4n) is 7.38. The Kier molecular flexibility index (Phi) is 12.7. The summed E-state index contributed by atoms with van der Waals surface area (Å²) in [6, 6.07) is 12.9. The normalized spacial score (nSPS) is 17.6. The van der Waals surface area contributed by atoms with Gasteiger partial charge in [-0.25, -0.2) is 18.2 Å². The van der Waals surface area contributed by atoms with Crippen LogP contribution >= 0.6 is 0 Å². The van der Waals surface area contributed by atoms with E-state index in [4.69, 9.17) is 19.2 Å². The van der Waals surface area contributed by atoms with Crippen molar-refractivity contribution in [1.82, 2.24) is 28.6 Å². The maximum absolute atomic E-state index is 14.7. The molecule has 2 amide bonds. The highest BCUT2D eigenvalue weighted by Crippen LogP contribution is 2.44. The largest absolute Gasteiger partial charge is 0.493 e. The predicted molar refractivity (Wildman–Crippen MR) is 215 cm³/mol.